The molecule has 1 amide bonds. The second-order valence-electron chi connectivity index (χ2n) is 5.85. The van der Waals surface area contributed by atoms with Gasteiger partial charge in [0.05, 0.1) is 18.4 Å². The van der Waals surface area contributed by atoms with Crippen molar-refractivity contribution in [2.24, 2.45) is 0 Å². The molecule has 0 radical (unpaired) electrons. The molecule has 3 aromatic rings. The highest BCUT2D eigenvalue weighted by Crippen LogP contribution is 2.26. The van der Waals surface area contributed by atoms with Crippen molar-refractivity contribution in [1.82, 2.24) is 4.57 Å². The third-order valence-corrected chi connectivity index (χ3v) is 3.93. The summed E-state index contributed by atoms with van der Waals surface area (Å²) >= 11 is 4.71. The van der Waals surface area contributed by atoms with Crippen molar-refractivity contribution in [3.05, 3.63) is 82.8 Å². The Morgan fingerprint density at radius 3 is 2.45 bits per heavy atom. The van der Waals surface area contributed by atoms with E-state index in [0.29, 0.717) is 17.1 Å². The number of benzene rings is 2. The van der Waals surface area contributed by atoms with Crippen molar-refractivity contribution in [2.45, 2.75) is 5.57 Å². The zero-order chi connectivity index (χ0) is 21.0. The first-order valence-corrected chi connectivity index (χ1v) is 8.67. The molecule has 29 heavy (non-hydrogen) atoms. The molecule has 0 saturated carbocycles. The summed E-state index contributed by atoms with van der Waals surface area (Å²) < 4.78 is 36.0. The summed E-state index contributed by atoms with van der Waals surface area (Å²) in [6, 6.07) is 14.7. The fourth-order valence-electron chi connectivity index (χ4n) is 2.53. The maximum atomic E-state index is 12.6. The third kappa shape index (κ3) is 5.32. The molecule has 0 aliphatic heterocycles. The summed E-state index contributed by atoms with van der Waals surface area (Å²) in [5, 5.41) is 2.61. The highest BCUT2D eigenvalue weighted by atomic mass is 35.5. The van der Waals surface area contributed by atoms with Gasteiger partial charge >= 0.3 is 5.57 Å². The smallest absolute Gasteiger partial charge is 0.487 e. The van der Waals surface area contributed by atoms with E-state index in [0.717, 1.165) is 0 Å². The molecule has 0 aliphatic carbocycles. The molecule has 1 aromatic heterocycles. The largest absolute Gasteiger partial charge is 0.497 e. The normalized spacial score (nSPS) is 11.0. The minimum Gasteiger partial charge on any atom is -0.497 e. The summed E-state index contributed by atoms with van der Waals surface area (Å²) in [6.07, 6.45) is 1.40. The van der Waals surface area contributed by atoms with Crippen LogP contribution in [0.1, 0.15) is 10.4 Å². The molecule has 0 bridgehead atoms. The summed E-state index contributed by atoms with van der Waals surface area (Å²) in [7, 11) is 1.51. The average molecular weight is 421 g/mol. The van der Waals surface area contributed by atoms with E-state index in [1.165, 1.54) is 54.3 Å². The van der Waals surface area contributed by atoms with Gasteiger partial charge in [-0.15, -0.1) is 8.78 Å². The van der Waals surface area contributed by atoms with Crippen molar-refractivity contribution in [1.29, 1.82) is 0 Å². The van der Waals surface area contributed by atoms with Gasteiger partial charge in [0.2, 0.25) is 0 Å². The van der Waals surface area contributed by atoms with Crippen LogP contribution < -0.4 is 20.3 Å². The van der Waals surface area contributed by atoms with Crippen molar-refractivity contribution in [2.75, 3.05) is 12.4 Å². The third-order valence-electron chi connectivity index (χ3n) is 3.85. The van der Waals surface area contributed by atoms with Crippen LogP contribution in [-0.2, 0) is 0 Å². The molecule has 0 atom stereocenters. The minimum atomic E-state index is -3.82. The molecule has 0 saturated heterocycles. The summed E-state index contributed by atoms with van der Waals surface area (Å²) in [5.74, 6) is -0.0818. The second-order valence-corrected chi connectivity index (χ2v) is 6.29. The zero-order valence-electron chi connectivity index (χ0n) is 15.1. The van der Waals surface area contributed by atoms with E-state index >= 15 is 0 Å². The number of halogens is 3. The molecule has 1 heterocycles. The number of nitrogens with one attached hydrogen (secondary N) is 1. The highest BCUT2D eigenvalue weighted by Gasteiger charge is 2.27. The van der Waals surface area contributed by atoms with Gasteiger partial charge in [0, 0.05) is 35.6 Å². The van der Waals surface area contributed by atoms with E-state index in [4.69, 9.17) is 16.3 Å². The van der Waals surface area contributed by atoms with E-state index in [-0.39, 0.29) is 16.9 Å². The Hall–Kier alpha value is -3.39. The lowest BCUT2D eigenvalue weighted by Crippen LogP contribution is -2.21. The van der Waals surface area contributed by atoms with E-state index in [1.807, 2.05) is 0 Å². The topological polar surface area (TPSA) is 69.6 Å². The van der Waals surface area contributed by atoms with Gasteiger partial charge < -0.3 is 14.8 Å². The standard InChI is InChI=1S/C20H15ClF2N2O4/c1-28-17-4-2-3-15(11-17)25-12-13(5-10-18(25)26)19(27)24-14-6-8-16(9-7-14)29-20(21,22)23/h2-12H,1H3,(H,24,27). The number of methoxy groups -OCH3 is 1. The molecule has 3 rings (SSSR count). The molecule has 0 fully saturated rings. The first-order chi connectivity index (χ1) is 13.7. The van der Waals surface area contributed by atoms with Crippen LogP contribution in [0.5, 0.6) is 11.5 Å². The number of amides is 1. The number of carbonyl (C=O) groups excluding carboxylic acids is 1. The highest BCUT2D eigenvalue weighted by molar-refractivity contribution is 6.20. The van der Waals surface area contributed by atoms with E-state index in [9.17, 15) is 18.4 Å². The molecule has 0 aliphatic rings. The van der Waals surface area contributed by atoms with Crippen LogP contribution in [0.3, 0.4) is 0 Å². The Morgan fingerprint density at radius 1 is 1.07 bits per heavy atom. The number of pyridine rings is 1. The number of nitrogens with zero attached hydrogens (tertiary/aromatic N) is 1. The number of aromatic nitrogens is 1. The molecule has 6 nitrogen and oxygen atoms in total. The number of ether oxygens (including phenoxy) is 2. The van der Waals surface area contributed by atoms with Gasteiger partial charge in [-0.3, -0.25) is 14.2 Å². The fraction of sp³-hybridized carbons (Fsp3) is 0.100. The van der Waals surface area contributed by atoms with Crippen LogP contribution in [0, 0.1) is 0 Å². The zero-order valence-corrected chi connectivity index (χ0v) is 15.8. The Kier molecular flexibility index (Phi) is 5.84. The first kappa shape index (κ1) is 20.3. The lowest BCUT2D eigenvalue weighted by Gasteiger charge is -2.12. The Morgan fingerprint density at radius 2 is 1.79 bits per heavy atom. The number of hydrogen-bond donors (Lipinski definition) is 1. The average Bonchev–Trinajstić information content (AvgIpc) is 2.68. The second kappa shape index (κ2) is 8.32. The minimum absolute atomic E-state index is 0.158. The monoisotopic (exact) mass is 420 g/mol. The Labute approximate surface area is 169 Å². The summed E-state index contributed by atoms with van der Waals surface area (Å²) in [4.78, 5) is 24.7. The number of alkyl halides is 3. The van der Waals surface area contributed by atoms with Crippen LogP contribution in [0.25, 0.3) is 5.69 Å². The predicted molar refractivity (Wildman–Crippen MR) is 104 cm³/mol. The molecule has 2 aromatic carbocycles. The van der Waals surface area contributed by atoms with Crippen LogP contribution >= 0.6 is 11.6 Å². The van der Waals surface area contributed by atoms with Gasteiger partial charge in [0.25, 0.3) is 11.5 Å². The van der Waals surface area contributed by atoms with Crippen molar-refractivity contribution >= 4 is 23.2 Å². The van der Waals surface area contributed by atoms with Crippen molar-refractivity contribution in [3.63, 3.8) is 0 Å². The van der Waals surface area contributed by atoms with Crippen LogP contribution in [-0.4, -0.2) is 23.2 Å². The van der Waals surface area contributed by atoms with Gasteiger partial charge in [-0.2, -0.15) is 0 Å². The lowest BCUT2D eigenvalue weighted by molar-refractivity contribution is -0.0964. The summed E-state index contributed by atoms with van der Waals surface area (Å²) in [5.41, 5.74) is -3.04. The molecular formula is C20H15ClF2N2O4. The molecule has 0 spiro atoms. The fourth-order valence-corrected chi connectivity index (χ4v) is 2.62. The van der Waals surface area contributed by atoms with Gasteiger partial charge in [-0.05, 0) is 42.5 Å². The SMILES string of the molecule is COc1cccc(-n2cc(C(=O)Nc3ccc(OC(F)(F)Cl)cc3)ccc2=O)c1. The quantitative estimate of drug-likeness (QED) is 0.605. The summed E-state index contributed by atoms with van der Waals surface area (Å²) in [6.45, 7) is 0. The van der Waals surface area contributed by atoms with Crippen molar-refractivity contribution < 1.29 is 23.0 Å². The number of carbonyl (C=O) groups is 1. The van der Waals surface area contributed by atoms with Crippen LogP contribution in [0.2, 0.25) is 0 Å². The number of rotatable bonds is 6. The molecule has 9 heteroatoms. The lowest BCUT2D eigenvalue weighted by atomic mass is 10.2. The van der Waals surface area contributed by atoms with Crippen LogP contribution in [0.15, 0.2) is 71.7 Å². The molecule has 0 unspecified atom stereocenters. The van der Waals surface area contributed by atoms with Gasteiger partial charge in [-0.25, -0.2) is 0 Å². The molecule has 1 N–H and O–H groups in total. The Balaban J connectivity index is 1.80. The van der Waals surface area contributed by atoms with Gasteiger partial charge in [0.15, 0.2) is 0 Å². The van der Waals surface area contributed by atoms with Crippen LogP contribution in [0.4, 0.5) is 14.5 Å². The van der Waals surface area contributed by atoms with E-state index in [2.05, 4.69) is 10.1 Å². The molecule has 150 valence electrons. The molecular weight excluding hydrogens is 406 g/mol. The van der Waals surface area contributed by atoms with E-state index in [1.54, 1.807) is 24.3 Å². The maximum absolute atomic E-state index is 12.6. The van der Waals surface area contributed by atoms with Gasteiger partial charge in [0.1, 0.15) is 11.5 Å². The number of hydrogen-bond acceptors (Lipinski definition) is 4. The van der Waals surface area contributed by atoms with Crippen molar-refractivity contribution in [3.8, 4) is 17.2 Å². The predicted octanol–water partition coefficient (Wildman–Crippen LogP) is 4.27. The maximum Gasteiger partial charge on any atom is 0.487 e. The Bertz CT molecular complexity index is 1080. The van der Waals surface area contributed by atoms with Gasteiger partial charge in [-0.1, -0.05) is 6.07 Å². The van der Waals surface area contributed by atoms with E-state index < -0.39 is 11.5 Å². The number of anilines is 1. The first-order valence-electron chi connectivity index (χ1n) is 8.29.